The van der Waals surface area contributed by atoms with Crippen LogP contribution in [0.25, 0.3) is 0 Å². The average Bonchev–Trinajstić information content (AvgIpc) is 2.28. The molecule has 0 aromatic heterocycles. The highest BCUT2D eigenvalue weighted by atomic mass is 32.2. The summed E-state index contributed by atoms with van der Waals surface area (Å²) in [6.07, 6.45) is 0.424. The highest BCUT2D eigenvalue weighted by Gasteiger charge is 2.07. The number of hydrogen-bond donors (Lipinski definition) is 1. The van der Waals surface area contributed by atoms with E-state index in [2.05, 4.69) is 13.8 Å². The summed E-state index contributed by atoms with van der Waals surface area (Å²) in [5.74, 6) is 3.44. The maximum atomic E-state index is 9.92. The van der Waals surface area contributed by atoms with Crippen molar-refractivity contribution in [2.75, 3.05) is 18.6 Å². The van der Waals surface area contributed by atoms with Crippen LogP contribution in [0.1, 0.15) is 19.4 Å². The Bertz CT molecular complexity index is 326. The molecule has 0 aliphatic heterocycles. The fourth-order valence-corrected chi connectivity index (χ4v) is 2.57. The molecular weight excluding hydrogens is 232 g/mol. The van der Waals surface area contributed by atoms with Crippen LogP contribution in [-0.4, -0.2) is 29.8 Å². The van der Waals surface area contributed by atoms with Gasteiger partial charge in [-0.15, -0.1) is 0 Å². The van der Waals surface area contributed by atoms with Gasteiger partial charge in [0.2, 0.25) is 0 Å². The lowest BCUT2D eigenvalue weighted by Crippen LogP contribution is -2.14. The fraction of sp³-hybridized carbons (Fsp3) is 0.571. The number of benzene rings is 1. The first-order chi connectivity index (χ1) is 8.11. The van der Waals surface area contributed by atoms with Gasteiger partial charge in [-0.1, -0.05) is 26.0 Å². The molecule has 0 radical (unpaired) electrons. The van der Waals surface area contributed by atoms with E-state index < -0.39 is 0 Å². The Morgan fingerprint density at radius 1 is 1.29 bits per heavy atom. The second kappa shape index (κ2) is 7.62. The second-order valence-electron chi connectivity index (χ2n) is 4.64. The summed E-state index contributed by atoms with van der Waals surface area (Å²) < 4.78 is 5.16. The zero-order valence-corrected chi connectivity index (χ0v) is 11.7. The Morgan fingerprint density at radius 3 is 2.71 bits per heavy atom. The van der Waals surface area contributed by atoms with Crippen molar-refractivity contribution in [2.45, 2.75) is 26.4 Å². The van der Waals surface area contributed by atoms with Crippen molar-refractivity contribution in [2.24, 2.45) is 5.92 Å². The first-order valence-electron chi connectivity index (χ1n) is 6.00. The molecule has 0 aliphatic rings. The normalized spacial score (nSPS) is 12.8. The first-order valence-corrected chi connectivity index (χ1v) is 7.16. The minimum atomic E-state index is -0.272. The van der Waals surface area contributed by atoms with Crippen molar-refractivity contribution in [3.8, 4) is 5.75 Å². The van der Waals surface area contributed by atoms with E-state index >= 15 is 0 Å². The van der Waals surface area contributed by atoms with Gasteiger partial charge in [-0.2, -0.15) is 11.8 Å². The summed E-state index contributed by atoms with van der Waals surface area (Å²) in [6.45, 7) is 4.39. The van der Waals surface area contributed by atoms with Crippen molar-refractivity contribution in [1.82, 2.24) is 0 Å². The van der Waals surface area contributed by atoms with Crippen molar-refractivity contribution in [1.29, 1.82) is 0 Å². The van der Waals surface area contributed by atoms with Gasteiger partial charge >= 0.3 is 0 Å². The van der Waals surface area contributed by atoms with Crippen LogP contribution < -0.4 is 4.74 Å². The second-order valence-corrected chi connectivity index (χ2v) is 5.72. The van der Waals surface area contributed by atoms with Gasteiger partial charge in [0.25, 0.3) is 0 Å². The zero-order chi connectivity index (χ0) is 12.7. The molecule has 0 spiro atoms. The molecule has 1 aromatic carbocycles. The number of methoxy groups -OCH3 is 1. The lowest BCUT2D eigenvalue weighted by Gasteiger charge is -2.12. The van der Waals surface area contributed by atoms with E-state index in [1.807, 2.05) is 36.0 Å². The van der Waals surface area contributed by atoms with Crippen LogP contribution in [0.2, 0.25) is 0 Å². The van der Waals surface area contributed by atoms with Crippen molar-refractivity contribution in [3.63, 3.8) is 0 Å². The summed E-state index contributed by atoms with van der Waals surface area (Å²) in [7, 11) is 1.66. The third-order valence-corrected chi connectivity index (χ3v) is 3.89. The highest BCUT2D eigenvalue weighted by molar-refractivity contribution is 7.99. The standard InChI is InChI=1S/C14H22O2S/c1-11(2)9-17-10-13(15)7-12-5-4-6-14(8-12)16-3/h4-6,8,11,13,15H,7,9-10H2,1-3H3. The molecule has 0 amide bonds. The Kier molecular flexibility index (Phi) is 6.45. The van der Waals surface area contributed by atoms with Gasteiger partial charge in [-0.25, -0.2) is 0 Å². The third-order valence-electron chi connectivity index (χ3n) is 2.37. The predicted octanol–water partition coefficient (Wildman–Crippen LogP) is 2.99. The van der Waals surface area contributed by atoms with Crippen LogP contribution >= 0.6 is 11.8 Å². The summed E-state index contributed by atoms with van der Waals surface area (Å²) in [4.78, 5) is 0. The Labute approximate surface area is 108 Å². The molecule has 0 bridgehead atoms. The van der Waals surface area contributed by atoms with Gasteiger partial charge in [-0.05, 0) is 35.8 Å². The Morgan fingerprint density at radius 2 is 2.06 bits per heavy atom. The molecule has 17 heavy (non-hydrogen) atoms. The number of rotatable bonds is 7. The van der Waals surface area contributed by atoms with Crippen LogP contribution in [0, 0.1) is 5.92 Å². The molecule has 1 rings (SSSR count). The zero-order valence-electron chi connectivity index (χ0n) is 10.8. The SMILES string of the molecule is COc1cccc(CC(O)CSCC(C)C)c1. The van der Waals surface area contributed by atoms with E-state index in [0.717, 1.165) is 22.8 Å². The first kappa shape index (κ1) is 14.4. The number of hydrogen-bond acceptors (Lipinski definition) is 3. The molecule has 1 N–H and O–H groups in total. The fourth-order valence-electron chi connectivity index (χ4n) is 1.57. The van der Waals surface area contributed by atoms with E-state index in [9.17, 15) is 5.11 Å². The molecule has 0 heterocycles. The van der Waals surface area contributed by atoms with Gasteiger partial charge in [-0.3, -0.25) is 0 Å². The molecule has 1 aromatic rings. The molecule has 0 saturated carbocycles. The van der Waals surface area contributed by atoms with Crippen LogP contribution in [0.15, 0.2) is 24.3 Å². The summed E-state index contributed by atoms with van der Waals surface area (Å²) in [6, 6.07) is 7.89. The molecule has 0 aliphatic carbocycles. The van der Waals surface area contributed by atoms with Crippen LogP contribution in [0.4, 0.5) is 0 Å². The molecule has 3 heteroatoms. The minimum absolute atomic E-state index is 0.272. The summed E-state index contributed by atoms with van der Waals surface area (Å²) >= 11 is 1.82. The Balaban J connectivity index is 2.36. The lowest BCUT2D eigenvalue weighted by molar-refractivity contribution is 0.200. The van der Waals surface area contributed by atoms with Gasteiger partial charge in [0.1, 0.15) is 5.75 Å². The van der Waals surface area contributed by atoms with E-state index in [-0.39, 0.29) is 6.10 Å². The molecule has 0 fully saturated rings. The molecule has 1 atom stereocenters. The average molecular weight is 254 g/mol. The number of aliphatic hydroxyl groups excluding tert-OH is 1. The number of thioether (sulfide) groups is 1. The maximum absolute atomic E-state index is 9.92. The van der Waals surface area contributed by atoms with Crippen LogP contribution in [-0.2, 0) is 6.42 Å². The van der Waals surface area contributed by atoms with Crippen molar-refractivity contribution < 1.29 is 9.84 Å². The Hall–Kier alpha value is -0.670. The van der Waals surface area contributed by atoms with Gasteiger partial charge < -0.3 is 9.84 Å². The third kappa shape index (κ3) is 5.99. The molecule has 96 valence electrons. The highest BCUT2D eigenvalue weighted by Crippen LogP contribution is 2.16. The number of ether oxygens (including phenoxy) is 1. The van der Waals surface area contributed by atoms with Crippen molar-refractivity contribution >= 4 is 11.8 Å². The van der Waals surface area contributed by atoms with Gasteiger partial charge in [0.05, 0.1) is 13.2 Å². The summed E-state index contributed by atoms with van der Waals surface area (Å²) in [5.41, 5.74) is 1.13. The monoisotopic (exact) mass is 254 g/mol. The quantitative estimate of drug-likeness (QED) is 0.811. The number of aliphatic hydroxyl groups is 1. The van der Waals surface area contributed by atoms with Crippen LogP contribution in [0.3, 0.4) is 0 Å². The van der Waals surface area contributed by atoms with E-state index in [1.54, 1.807) is 7.11 Å². The molecule has 1 unspecified atom stereocenters. The molecule has 2 nitrogen and oxygen atoms in total. The lowest BCUT2D eigenvalue weighted by atomic mass is 10.1. The van der Waals surface area contributed by atoms with Crippen LogP contribution in [0.5, 0.6) is 5.75 Å². The van der Waals surface area contributed by atoms with E-state index in [0.29, 0.717) is 12.3 Å². The minimum Gasteiger partial charge on any atom is -0.497 e. The van der Waals surface area contributed by atoms with E-state index in [4.69, 9.17) is 4.74 Å². The maximum Gasteiger partial charge on any atom is 0.119 e. The van der Waals surface area contributed by atoms with Gasteiger partial charge in [0, 0.05) is 5.75 Å². The van der Waals surface area contributed by atoms with Gasteiger partial charge in [0.15, 0.2) is 0 Å². The predicted molar refractivity (Wildman–Crippen MR) is 74.9 cm³/mol. The summed E-state index contributed by atoms with van der Waals surface area (Å²) in [5, 5.41) is 9.92. The smallest absolute Gasteiger partial charge is 0.119 e. The van der Waals surface area contributed by atoms with Crippen molar-refractivity contribution in [3.05, 3.63) is 29.8 Å². The van der Waals surface area contributed by atoms with E-state index in [1.165, 1.54) is 0 Å². The topological polar surface area (TPSA) is 29.5 Å². The largest absolute Gasteiger partial charge is 0.497 e. The molecule has 0 saturated heterocycles. The molecular formula is C14H22O2S.